The lowest BCUT2D eigenvalue weighted by Gasteiger charge is -2.05. The van der Waals surface area contributed by atoms with Crippen molar-refractivity contribution in [2.24, 2.45) is 0 Å². The van der Waals surface area contributed by atoms with Crippen LogP contribution >= 0.6 is 22.7 Å². The van der Waals surface area contributed by atoms with E-state index in [0.29, 0.717) is 10.5 Å². The van der Waals surface area contributed by atoms with Gasteiger partial charge < -0.3 is 10.1 Å². The highest BCUT2D eigenvalue weighted by molar-refractivity contribution is 7.20. The van der Waals surface area contributed by atoms with Gasteiger partial charge in [0.25, 0.3) is 11.8 Å². The zero-order chi connectivity index (χ0) is 17.1. The maximum Gasteiger partial charge on any atom is 0.413 e. The molecule has 0 saturated heterocycles. The number of alkyl carbamates (subject to hydrolysis) is 1. The van der Waals surface area contributed by atoms with Crippen LogP contribution in [0, 0.1) is 0 Å². The molecule has 3 heterocycles. The average molecular weight is 362 g/mol. The zero-order valence-corrected chi connectivity index (χ0v) is 13.9. The topological polar surface area (TPSA) is 110 Å². The second-order valence-corrected chi connectivity index (χ2v) is 6.37. The summed E-state index contributed by atoms with van der Waals surface area (Å²) in [5, 5.41) is 6.88. The van der Waals surface area contributed by atoms with Gasteiger partial charge in [-0.25, -0.2) is 9.78 Å². The van der Waals surface area contributed by atoms with E-state index < -0.39 is 17.9 Å². The van der Waals surface area contributed by atoms with E-state index in [0.717, 1.165) is 23.1 Å². The van der Waals surface area contributed by atoms with Crippen molar-refractivity contribution in [2.45, 2.75) is 0 Å². The average Bonchev–Trinajstić information content (AvgIpc) is 3.20. The van der Waals surface area contributed by atoms with Crippen molar-refractivity contribution in [3.8, 4) is 0 Å². The molecule has 122 valence electrons. The number of pyridine rings is 1. The van der Waals surface area contributed by atoms with E-state index >= 15 is 0 Å². The fourth-order valence-electron chi connectivity index (χ4n) is 1.83. The van der Waals surface area contributed by atoms with Gasteiger partial charge in [0.15, 0.2) is 5.01 Å². The zero-order valence-electron chi connectivity index (χ0n) is 12.2. The van der Waals surface area contributed by atoms with E-state index in [-0.39, 0.29) is 10.6 Å². The first-order valence-electron chi connectivity index (χ1n) is 6.57. The number of nitrogens with one attached hydrogen (secondary N) is 2. The van der Waals surface area contributed by atoms with Crippen LogP contribution in [0.3, 0.4) is 0 Å². The van der Waals surface area contributed by atoms with Crippen LogP contribution in [0.15, 0.2) is 29.9 Å². The lowest BCUT2D eigenvalue weighted by atomic mass is 10.3. The number of thiophene rings is 1. The van der Waals surface area contributed by atoms with Crippen LogP contribution in [-0.4, -0.2) is 35.0 Å². The third-order valence-electron chi connectivity index (χ3n) is 2.92. The molecular weight excluding hydrogens is 352 g/mol. The molecule has 0 atom stereocenters. The first kappa shape index (κ1) is 16.0. The Balaban J connectivity index is 1.79. The summed E-state index contributed by atoms with van der Waals surface area (Å²) in [5.41, 5.74) is 0.795. The number of aromatic nitrogens is 2. The van der Waals surface area contributed by atoms with E-state index in [1.807, 2.05) is 5.32 Å². The summed E-state index contributed by atoms with van der Waals surface area (Å²) in [7, 11) is 1.15. The Morgan fingerprint density at radius 3 is 2.79 bits per heavy atom. The maximum atomic E-state index is 12.3. The van der Waals surface area contributed by atoms with Gasteiger partial charge in [0.1, 0.15) is 10.5 Å². The third kappa shape index (κ3) is 3.24. The number of carbonyl (C=O) groups excluding carboxylic acids is 3. The van der Waals surface area contributed by atoms with Crippen molar-refractivity contribution in [3.05, 3.63) is 40.5 Å². The minimum Gasteiger partial charge on any atom is -0.453 e. The van der Waals surface area contributed by atoms with Crippen LogP contribution in [0.5, 0.6) is 0 Å². The summed E-state index contributed by atoms with van der Waals surface area (Å²) >= 11 is 2.38. The Morgan fingerprint density at radius 1 is 1.21 bits per heavy atom. The summed E-state index contributed by atoms with van der Waals surface area (Å²) in [4.78, 5) is 43.6. The van der Waals surface area contributed by atoms with Crippen molar-refractivity contribution >= 4 is 55.8 Å². The van der Waals surface area contributed by atoms with Gasteiger partial charge in [0.05, 0.1) is 23.6 Å². The molecule has 3 aromatic heterocycles. The second-order valence-electron chi connectivity index (χ2n) is 4.43. The maximum absolute atomic E-state index is 12.3. The number of rotatable bonds is 3. The van der Waals surface area contributed by atoms with Gasteiger partial charge in [0, 0.05) is 6.20 Å². The van der Waals surface area contributed by atoms with E-state index in [9.17, 15) is 14.4 Å². The molecule has 8 nitrogen and oxygen atoms in total. The number of anilines is 1. The van der Waals surface area contributed by atoms with Crippen LogP contribution in [0.25, 0.3) is 10.2 Å². The summed E-state index contributed by atoms with van der Waals surface area (Å²) in [6.07, 6.45) is 2.32. The number of methoxy groups -OCH3 is 1. The largest absolute Gasteiger partial charge is 0.453 e. The number of carbonyl (C=O) groups is 3. The molecule has 2 N–H and O–H groups in total. The number of thiazole rings is 1. The quantitative estimate of drug-likeness (QED) is 0.741. The summed E-state index contributed by atoms with van der Waals surface area (Å²) in [6, 6.07) is 3.27. The fraction of sp³-hybridized carbons (Fsp3) is 0.0714. The van der Waals surface area contributed by atoms with Crippen molar-refractivity contribution in [1.29, 1.82) is 0 Å². The van der Waals surface area contributed by atoms with Crippen LogP contribution in [0.2, 0.25) is 0 Å². The third-order valence-corrected chi connectivity index (χ3v) is 4.79. The standard InChI is InChI=1S/C14H10N4O4S2/c1-22-14(21)18-10(19)7-3-5-23-12(7)17-11(20)13-16-8-6-15-4-2-9(8)24-13/h2-6H,1H3,(H,17,20)(H,18,19,21). The molecule has 0 radical (unpaired) electrons. The van der Waals surface area contributed by atoms with Crippen LogP contribution in [-0.2, 0) is 4.74 Å². The van der Waals surface area contributed by atoms with E-state index in [2.05, 4.69) is 20.0 Å². The Morgan fingerprint density at radius 2 is 2.04 bits per heavy atom. The Bertz CT molecular complexity index is 901. The first-order valence-corrected chi connectivity index (χ1v) is 8.27. The molecule has 0 aliphatic rings. The lowest BCUT2D eigenvalue weighted by Crippen LogP contribution is -2.30. The Kier molecular flexibility index (Phi) is 4.49. The number of hydrogen-bond acceptors (Lipinski definition) is 8. The molecule has 3 rings (SSSR count). The Hall–Kier alpha value is -2.85. The van der Waals surface area contributed by atoms with Gasteiger partial charge >= 0.3 is 6.09 Å². The molecule has 0 fully saturated rings. The predicted molar refractivity (Wildman–Crippen MR) is 89.6 cm³/mol. The molecule has 3 aromatic rings. The molecule has 0 aromatic carbocycles. The van der Waals surface area contributed by atoms with Gasteiger partial charge in [0.2, 0.25) is 0 Å². The van der Waals surface area contributed by atoms with Crippen LogP contribution in [0.1, 0.15) is 20.2 Å². The van der Waals surface area contributed by atoms with Crippen molar-refractivity contribution in [1.82, 2.24) is 15.3 Å². The monoisotopic (exact) mass is 362 g/mol. The highest BCUT2D eigenvalue weighted by Gasteiger charge is 2.19. The lowest BCUT2D eigenvalue weighted by molar-refractivity contribution is 0.0938. The molecule has 0 unspecified atom stereocenters. The Labute approximate surface area is 143 Å². The number of hydrogen-bond donors (Lipinski definition) is 2. The summed E-state index contributed by atoms with van der Waals surface area (Å²) in [6.45, 7) is 0. The minimum atomic E-state index is -0.873. The van der Waals surface area contributed by atoms with E-state index in [1.165, 1.54) is 17.4 Å². The normalized spacial score (nSPS) is 10.4. The van der Waals surface area contributed by atoms with Crippen molar-refractivity contribution < 1.29 is 19.1 Å². The van der Waals surface area contributed by atoms with Gasteiger partial charge in [-0.05, 0) is 17.5 Å². The highest BCUT2D eigenvalue weighted by Crippen LogP contribution is 2.26. The molecular formula is C14H10N4O4S2. The smallest absolute Gasteiger partial charge is 0.413 e. The molecule has 0 aliphatic heterocycles. The van der Waals surface area contributed by atoms with E-state index in [1.54, 1.807) is 23.8 Å². The predicted octanol–water partition coefficient (Wildman–Crippen LogP) is 2.50. The first-order chi connectivity index (χ1) is 11.6. The van der Waals surface area contributed by atoms with Crippen molar-refractivity contribution in [3.63, 3.8) is 0 Å². The number of amides is 3. The molecule has 0 aliphatic carbocycles. The van der Waals surface area contributed by atoms with Crippen LogP contribution < -0.4 is 10.6 Å². The summed E-state index contributed by atoms with van der Waals surface area (Å²) < 4.78 is 5.21. The van der Waals surface area contributed by atoms with Gasteiger partial charge in [-0.1, -0.05) is 0 Å². The molecule has 3 amide bonds. The molecule has 0 bridgehead atoms. The molecule has 0 spiro atoms. The van der Waals surface area contributed by atoms with Crippen molar-refractivity contribution in [2.75, 3.05) is 12.4 Å². The second kappa shape index (κ2) is 6.72. The molecule has 24 heavy (non-hydrogen) atoms. The summed E-state index contributed by atoms with van der Waals surface area (Å²) in [5.74, 6) is -1.10. The minimum absolute atomic E-state index is 0.168. The fourth-order valence-corrected chi connectivity index (χ4v) is 3.44. The SMILES string of the molecule is COC(=O)NC(=O)c1ccsc1NC(=O)c1nc2cnccc2s1. The van der Waals surface area contributed by atoms with E-state index in [4.69, 9.17) is 0 Å². The van der Waals surface area contributed by atoms with Gasteiger partial charge in [-0.15, -0.1) is 22.7 Å². The van der Waals surface area contributed by atoms with Gasteiger partial charge in [-0.3, -0.25) is 19.9 Å². The molecule has 0 saturated carbocycles. The van der Waals surface area contributed by atoms with Crippen LogP contribution in [0.4, 0.5) is 9.80 Å². The molecule has 10 heteroatoms. The number of imide groups is 1. The van der Waals surface area contributed by atoms with Gasteiger partial charge in [-0.2, -0.15) is 0 Å². The number of fused-ring (bicyclic) bond motifs is 1. The highest BCUT2D eigenvalue weighted by atomic mass is 32.1. The number of nitrogens with zero attached hydrogens (tertiary/aromatic N) is 2. The number of ether oxygens (including phenoxy) is 1.